The topological polar surface area (TPSA) is 34.1 Å². The predicted molar refractivity (Wildman–Crippen MR) is 70.2 cm³/mol. The second-order valence-corrected chi connectivity index (χ2v) is 8.63. The molecule has 0 aromatic carbocycles. The van der Waals surface area contributed by atoms with Gasteiger partial charge in [-0.05, 0) is 17.6 Å². The first kappa shape index (κ1) is 15.3. The molecule has 0 bridgehead atoms. The van der Waals surface area contributed by atoms with E-state index in [-0.39, 0.29) is 11.2 Å². The van der Waals surface area contributed by atoms with Crippen LogP contribution < -0.4 is 0 Å². The lowest BCUT2D eigenvalue weighted by Crippen LogP contribution is -2.21. The Balaban J connectivity index is 3.99. The minimum absolute atomic E-state index is 0.219. The lowest BCUT2D eigenvalue weighted by atomic mass is 10.3. The van der Waals surface area contributed by atoms with Gasteiger partial charge in [-0.2, -0.15) is 11.8 Å². The molecule has 0 spiro atoms. The van der Waals surface area contributed by atoms with E-state index >= 15 is 0 Å². The molecule has 0 aromatic rings. The highest BCUT2D eigenvalue weighted by molar-refractivity contribution is 8.01. The van der Waals surface area contributed by atoms with Crippen molar-refractivity contribution in [2.45, 2.75) is 39.9 Å². The number of thioether (sulfide) groups is 1. The van der Waals surface area contributed by atoms with E-state index in [0.29, 0.717) is 17.4 Å². The van der Waals surface area contributed by atoms with Gasteiger partial charge in [0.05, 0.1) is 11.5 Å². The molecule has 1 unspecified atom stereocenters. The lowest BCUT2D eigenvalue weighted by molar-refractivity contribution is 0.581. The number of sulfone groups is 1. The summed E-state index contributed by atoms with van der Waals surface area (Å²) in [6.45, 7) is 10.2. The van der Waals surface area contributed by atoms with Crippen LogP contribution >= 0.6 is 11.8 Å². The van der Waals surface area contributed by atoms with Crippen molar-refractivity contribution in [2.75, 3.05) is 17.3 Å². The largest absolute Gasteiger partial charge is 0.229 e. The maximum absolute atomic E-state index is 11.7. The fourth-order valence-electron chi connectivity index (χ4n) is 1.34. The zero-order valence-corrected chi connectivity index (χ0v) is 12.1. The van der Waals surface area contributed by atoms with Crippen LogP contribution in [0.3, 0.4) is 0 Å². The molecule has 0 rings (SSSR count). The van der Waals surface area contributed by atoms with Crippen molar-refractivity contribution < 1.29 is 8.42 Å². The smallest absolute Gasteiger partial charge is 0.151 e. The van der Waals surface area contributed by atoms with Gasteiger partial charge in [-0.25, -0.2) is 8.42 Å². The molecule has 0 N–H and O–H groups in total. The summed E-state index contributed by atoms with van der Waals surface area (Å²) in [5.41, 5.74) is 0. The van der Waals surface area contributed by atoms with Crippen molar-refractivity contribution in [3.8, 4) is 0 Å². The van der Waals surface area contributed by atoms with Gasteiger partial charge in [0, 0.05) is 5.25 Å². The van der Waals surface area contributed by atoms with Crippen LogP contribution in [0.25, 0.3) is 0 Å². The molecule has 0 aliphatic rings. The Morgan fingerprint density at radius 2 is 1.47 bits per heavy atom. The molecular formula is C11H24O2S2. The third-order valence-corrected chi connectivity index (χ3v) is 5.78. The molecule has 0 saturated carbocycles. The highest BCUT2D eigenvalue weighted by Crippen LogP contribution is 2.17. The molecule has 0 aliphatic heterocycles. The fraction of sp³-hybridized carbons (Fsp3) is 1.00. The summed E-state index contributed by atoms with van der Waals surface area (Å²) in [7, 11) is -2.85. The summed E-state index contributed by atoms with van der Waals surface area (Å²) in [6.07, 6.45) is 0. The molecule has 0 amide bonds. The summed E-state index contributed by atoms with van der Waals surface area (Å²) in [5.74, 6) is 2.54. The Morgan fingerprint density at radius 3 is 1.87 bits per heavy atom. The number of rotatable bonds is 7. The van der Waals surface area contributed by atoms with Gasteiger partial charge in [0.25, 0.3) is 0 Å². The van der Waals surface area contributed by atoms with Gasteiger partial charge in [0.15, 0.2) is 9.84 Å². The lowest BCUT2D eigenvalue weighted by Gasteiger charge is -2.14. The van der Waals surface area contributed by atoms with Crippen LogP contribution in [0, 0.1) is 11.8 Å². The molecule has 15 heavy (non-hydrogen) atoms. The van der Waals surface area contributed by atoms with E-state index < -0.39 is 9.84 Å². The first-order valence-corrected chi connectivity index (χ1v) is 8.42. The Morgan fingerprint density at radius 1 is 0.933 bits per heavy atom. The van der Waals surface area contributed by atoms with Crippen molar-refractivity contribution in [3.05, 3.63) is 0 Å². The number of hydrogen-bond donors (Lipinski definition) is 0. The van der Waals surface area contributed by atoms with Gasteiger partial charge in [-0.3, -0.25) is 0 Å². The Hall–Kier alpha value is 0.300. The highest BCUT2D eigenvalue weighted by Gasteiger charge is 2.17. The molecule has 4 heteroatoms. The maximum atomic E-state index is 11.7. The van der Waals surface area contributed by atoms with Crippen molar-refractivity contribution in [1.29, 1.82) is 0 Å². The minimum Gasteiger partial charge on any atom is -0.229 e. The van der Waals surface area contributed by atoms with E-state index in [1.54, 1.807) is 11.8 Å². The van der Waals surface area contributed by atoms with Gasteiger partial charge in [-0.15, -0.1) is 0 Å². The molecular weight excluding hydrogens is 228 g/mol. The monoisotopic (exact) mass is 252 g/mol. The SMILES string of the molecule is CC(C)CSC(C)CS(=O)(=O)CC(C)C. The van der Waals surface area contributed by atoms with Crippen molar-refractivity contribution in [1.82, 2.24) is 0 Å². The highest BCUT2D eigenvalue weighted by atomic mass is 32.2. The maximum Gasteiger partial charge on any atom is 0.151 e. The molecule has 0 heterocycles. The summed E-state index contributed by atoms with van der Waals surface area (Å²) >= 11 is 1.76. The zero-order valence-electron chi connectivity index (χ0n) is 10.5. The molecule has 92 valence electrons. The number of hydrogen-bond acceptors (Lipinski definition) is 3. The average molecular weight is 252 g/mol. The average Bonchev–Trinajstić information content (AvgIpc) is 1.96. The van der Waals surface area contributed by atoms with E-state index in [4.69, 9.17) is 0 Å². The predicted octanol–water partition coefficient (Wildman–Crippen LogP) is 2.83. The Labute approximate surface area is 99.1 Å². The van der Waals surface area contributed by atoms with Crippen LogP contribution in [0.5, 0.6) is 0 Å². The van der Waals surface area contributed by atoms with Crippen LogP contribution in [-0.4, -0.2) is 30.9 Å². The van der Waals surface area contributed by atoms with Crippen LogP contribution in [-0.2, 0) is 9.84 Å². The van der Waals surface area contributed by atoms with E-state index in [0.717, 1.165) is 5.75 Å². The molecule has 0 fully saturated rings. The molecule has 0 saturated heterocycles. The van der Waals surface area contributed by atoms with Crippen LogP contribution in [0.15, 0.2) is 0 Å². The first-order chi connectivity index (χ1) is 6.73. The second kappa shape index (κ2) is 6.79. The Kier molecular flexibility index (Phi) is 6.93. The van der Waals surface area contributed by atoms with Gasteiger partial charge < -0.3 is 0 Å². The van der Waals surface area contributed by atoms with E-state index in [1.807, 2.05) is 20.8 Å². The molecule has 0 aliphatic carbocycles. The Bertz CT molecular complexity index is 256. The zero-order chi connectivity index (χ0) is 12.1. The summed E-state index contributed by atoms with van der Waals surface area (Å²) in [5, 5.41) is 0.219. The quantitative estimate of drug-likeness (QED) is 0.699. The van der Waals surface area contributed by atoms with Gasteiger partial charge in [0.2, 0.25) is 0 Å². The molecule has 0 aromatic heterocycles. The van der Waals surface area contributed by atoms with E-state index in [2.05, 4.69) is 13.8 Å². The van der Waals surface area contributed by atoms with Gasteiger partial charge in [-0.1, -0.05) is 34.6 Å². The van der Waals surface area contributed by atoms with Crippen molar-refractivity contribution in [2.24, 2.45) is 11.8 Å². The summed E-state index contributed by atoms with van der Waals surface area (Å²) < 4.78 is 23.4. The van der Waals surface area contributed by atoms with Crippen LogP contribution in [0.1, 0.15) is 34.6 Å². The van der Waals surface area contributed by atoms with E-state index in [1.165, 1.54) is 0 Å². The summed E-state index contributed by atoms with van der Waals surface area (Å²) in [4.78, 5) is 0. The van der Waals surface area contributed by atoms with Crippen LogP contribution in [0.2, 0.25) is 0 Å². The van der Waals surface area contributed by atoms with Gasteiger partial charge in [0.1, 0.15) is 0 Å². The molecule has 2 nitrogen and oxygen atoms in total. The molecule has 1 atom stereocenters. The minimum atomic E-state index is -2.85. The third kappa shape index (κ3) is 9.24. The molecule has 0 radical (unpaired) electrons. The fourth-order valence-corrected chi connectivity index (χ4v) is 4.93. The van der Waals surface area contributed by atoms with Crippen molar-refractivity contribution in [3.63, 3.8) is 0 Å². The van der Waals surface area contributed by atoms with Crippen LogP contribution in [0.4, 0.5) is 0 Å². The van der Waals surface area contributed by atoms with E-state index in [9.17, 15) is 8.42 Å². The standard InChI is InChI=1S/C11H24O2S2/c1-9(2)6-14-11(5)8-15(12,13)7-10(3)4/h9-11H,6-8H2,1-5H3. The first-order valence-electron chi connectivity index (χ1n) is 5.55. The second-order valence-electron chi connectivity index (χ2n) is 5.01. The normalized spacial score (nSPS) is 14.9. The van der Waals surface area contributed by atoms with Crippen molar-refractivity contribution >= 4 is 21.6 Å². The third-order valence-electron chi connectivity index (χ3n) is 1.79. The summed E-state index contributed by atoms with van der Waals surface area (Å²) in [6, 6.07) is 0. The van der Waals surface area contributed by atoms with Gasteiger partial charge >= 0.3 is 0 Å².